The van der Waals surface area contributed by atoms with E-state index in [2.05, 4.69) is 16.0 Å². The van der Waals surface area contributed by atoms with Crippen molar-refractivity contribution in [3.63, 3.8) is 0 Å². The number of aliphatic hydroxyl groups excluding tert-OH is 1. The van der Waals surface area contributed by atoms with Crippen LogP contribution in [0, 0.1) is 11.8 Å². The summed E-state index contributed by atoms with van der Waals surface area (Å²) in [7, 11) is 0. The summed E-state index contributed by atoms with van der Waals surface area (Å²) >= 11 is 0. The molecule has 0 heterocycles. The van der Waals surface area contributed by atoms with Crippen LogP contribution in [-0.4, -0.2) is 64.2 Å². The molecule has 0 radical (unpaired) electrons. The molecule has 5 atom stereocenters. The zero-order chi connectivity index (χ0) is 26.0. The molecule has 1 aromatic rings. The second-order valence-corrected chi connectivity index (χ2v) is 9.28. The van der Waals surface area contributed by atoms with Crippen molar-refractivity contribution in [3.8, 4) is 0 Å². The van der Waals surface area contributed by atoms with Crippen molar-refractivity contribution < 1.29 is 29.4 Å². The quantitative estimate of drug-likeness (QED) is 0.235. The summed E-state index contributed by atoms with van der Waals surface area (Å²) in [5.74, 6) is -3.51. The monoisotopic (exact) mass is 478 g/mol. The van der Waals surface area contributed by atoms with Crippen molar-refractivity contribution in [1.82, 2.24) is 16.0 Å². The number of nitrogens with one attached hydrogen (secondary N) is 3. The van der Waals surface area contributed by atoms with Gasteiger partial charge in [-0.25, -0.2) is 4.79 Å². The molecule has 0 spiro atoms. The minimum absolute atomic E-state index is 0.00253. The van der Waals surface area contributed by atoms with E-state index in [0.29, 0.717) is 6.42 Å². The third-order valence-corrected chi connectivity index (χ3v) is 5.27. The first-order valence-electron chi connectivity index (χ1n) is 11.4. The third kappa shape index (κ3) is 9.48. The number of amides is 3. The number of carboxylic acid groups (broad SMARTS) is 1. The molecule has 0 bridgehead atoms. The lowest BCUT2D eigenvalue weighted by atomic mass is 9.98. The largest absolute Gasteiger partial charge is 0.480 e. The fourth-order valence-electron chi connectivity index (χ4n) is 3.36. The van der Waals surface area contributed by atoms with E-state index in [1.807, 2.05) is 44.2 Å². The van der Waals surface area contributed by atoms with Crippen LogP contribution < -0.4 is 21.7 Å². The van der Waals surface area contributed by atoms with Crippen LogP contribution in [0.25, 0.3) is 0 Å². The van der Waals surface area contributed by atoms with E-state index in [0.717, 1.165) is 5.56 Å². The first-order chi connectivity index (χ1) is 15.8. The Labute approximate surface area is 200 Å². The average Bonchev–Trinajstić information content (AvgIpc) is 2.74. The van der Waals surface area contributed by atoms with Gasteiger partial charge in [0.05, 0.1) is 12.1 Å². The highest BCUT2D eigenvalue weighted by atomic mass is 16.4. The van der Waals surface area contributed by atoms with Crippen molar-refractivity contribution in [2.75, 3.05) is 0 Å². The molecule has 3 amide bonds. The molecule has 0 aliphatic carbocycles. The molecule has 10 heteroatoms. The van der Waals surface area contributed by atoms with Gasteiger partial charge in [-0.3, -0.25) is 14.4 Å². The number of aliphatic carboxylic acids is 1. The fraction of sp³-hybridized carbons (Fsp3) is 0.583. The van der Waals surface area contributed by atoms with E-state index in [4.69, 9.17) is 5.73 Å². The number of carbonyl (C=O) groups is 4. The van der Waals surface area contributed by atoms with Crippen LogP contribution in [0.1, 0.15) is 46.6 Å². The highest BCUT2D eigenvalue weighted by Gasteiger charge is 2.33. The Morgan fingerprint density at radius 2 is 1.41 bits per heavy atom. The van der Waals surface area contributed by atoms with Crippen LogP contribution in [0.5, 0.6) is 0 Å². The average molecular weight is 479 g/mol. The Bertz CT molecular complexity index is 828. The molecule has 5 unspecified atom stereocenters. The molecule has 34 heavy (non-hydrogen) atoms. The molecular weight excluding hydrogens is 440 g/mol. The number of benzene rings is 1. The molecule has 190 valence electrons. The number of aliphatic hydroxyl groups is 1. The predicted octanol–water partition coefficient (Wildman–Crippen LogP) is 0.178. The number of nitrogens with two attached hydrogens (primary N) is 1. The minimum Gasteiger partial charge on any atom is -0.480 e. The first-order valence-corrected chi connectivity index (χ1v) is 11.4. The van der Waals surface area contributed by atoms with Gasteiger partial charge in [0.25, 0.3) is 0 Å². The molecule has 0 fully saturated rings. The molecule has 1 rings (SSSR count). The predicted molar refractivity (Wildman–Crippen MR) is 128 cm³/mol. The van der Waals surface area contributed by atoms with E-state index in [1.165, 1.54) is 6.92 Å². The maximum atomic E-state index is 13.0. The maximum absolute atomic E-state index is 13.0. The number of rotatable bonds is 13. The molecule has 10 nitrogen and oxygen atoms in total. The molecule has 0 saturated heterocycles. The Morgan fingerprint density at radius 1 is 0.853 bits per heavy atom. The van der Waals surface area contributed by atoms with E-state index in [-0.39, 0.29) is 18.3 Å². The fourth-order valence-corrected chi connectivity index (χ4v) is 3.36. The van der Waals surface area contributed by atoms with E-state index < -0.39 is 54.0 Å². The Balaban J connectivity index is 2.92. The van der Waals surface area contributed by atoms with Crippen LogP contribution >= 0.6 is 0 Å². The van der Waals surface area contributed by atoms with Crippen LogP contribution in [0.15, 0.2) is 30.3 Å². The van der Waals surface area contributed by atoms with Gasteiger partial charge in [-0.2, -0.15) is 0 Å². The molecule has 0 aliphatic heterocycles. The van der Waals surface area contributed by atoms with Crippen LogP contribution in [0.2, 0.25) is 0 Å². The van der Waals surface area contributed by atoms with E-state index in [1.54, 1.807) is 13.8 Å². The second kappa shape index (κ2) is 13.7. The molecule has 7 N–H and O–H groups in total. The Hall–Kier alpha value is -2.98. The molecule has 1 aromatic carbocycles. The van der Waals surface area contributed by atoms with Crippen molar-refractivity contribution in [2.45, 2.75) is 77.7 Å². The molecular formula is C24H38N4O6. The van der Waals surface area contributed by atoms with Gasteiger partial charge < -0.3 is 31.9 Å². The summed E-state index contributed by atoms with van der Waals surface area (Å²) in [5.41, 5.74) is 6.92. The van der Waals surface area contributed by atoms with Crippen LogP contribution in [-0.2, 0) is 25.6 Å². The highest BCUT2D eigenvalue weighted by molar-refractivity contribution is 5.94. The third-order valence-electron chi connectivity index (χ3n) is 5.27. The SMILES string of the molecule is CC(C)CC(NC(=O)C(NC(=O)C(N)Cc1ccccc1)C(C)C)C(=O)NC(C(=O)O)C(C)O. The number of hydrogen-bond acceptors (Lipinski definition) is 6. The van der Waals surface area contributed by atoms with Gasteiger partial charge in [-0.1, -0.05) is 58.0 Å². The smallest absolute Gasteiger partial charge is 0.328 e. The Morgan fingerprint density at radius 3 is 1.88 bits per heavy atom. The molecule has 0 saturated carbocycles. The standard InChI is InChI=1S/C24H38N4O6/c1-13(2)11-18(22(31)28-20(15(5)29)24(33)34)26-23(32)19(14(3)4)27-21(30)17(25)12-16-9-7-6-8-10-16/h6-10,13-15,17-20,29H,11-12,25H2,1-5H3,(H,26,32)(H,27,30)(H,28,31)(H,33,34). The second-order valence-electron chi connectivity index (χ2n) is 9.28. The van der Waals surface area contributed by atoms with Gasteiger partial charge >= 0.3 is 5.97 Å². The van der Waals surface area contributed by atoms with Gasteiger partial charge in [-0.15, -0.1) is 0 Å². The van der Waals surface area contributed by atoms with Crippen LogP contribution in [0.4, 0.5) is 0 Å². The first kappa shape index (κ1) is 29.1. The Kier molecular flexibility index (Phi) is 11.7. The lowest BCUT2D eigenvalue weighted by Crippen LogP contribution is -2.59. The topological polar surface area (TPSA) is 171 Å². The lowest BCUT2D eigenvalue weighted by Gasteiger charge is -2.28. The number of carbonyl (C=O) groups excluding carboxylic acids is 3. The van der Waals surface area contributed by atoms with Crippen molar-refractivity contribution in [1.29, 1.82) is 0 Å². The van der Waals surface area contributed by atoms with Gasteiger partial charge in [0.1, 0.15) is 12.1 Å². The van der Waals surface area contributed by atoms with E-state index in [9.17, 15) is 29.4 Å². The number of carboxylic acids is 1. The van der Waals surface area contributed by atoms with Crippen LogP contribution in [0.3, 0.4) is 0 Å². The summed E-state index contributed by atoms with van der Waals surface area (Å²) in [6.07, 6.45) is -0.797. The highest BCUT2D eigenvalue weighted by Crippen LogP contribution is 2.10. The van der Waals surface area contributed by atoms with Gasteiger partial charge in [0.2, 0.25) is 17.7 Å². The lowest BCUT2D eigenvalue weighted by molar-refractivity contribution is -0.145. The molecule has 0 aliphatic rings. The number of hydrogen-bond donors (Lipinski definition) is 6. The van der Waals surface area contributed by atoms with Crippen molar-refractivity contribution >= 4 is 23.7 Å². The normalized spacial score (nSPS) is 15.7. The zero-order valence-corrected chi connectivity index (χ0v) is 20.4. The summed E-state index contributed by atoms with van der Waals surface area (Å²) in [5, 5.41) is 26.5. The van der Waals surface area contributed by atoms with Crippen molar-refractivity contribution in [3.05, 3.63) is 35.9 Å². The zero-order valence-electron chi connectivity index (χ0n) is 20.4. The van der Waals surface area contributed by atoms with Crippen molar-refractivity contribution in [2.24, 2.45) is 17.6 Å². The summed E-state index contributed by atoms with van der Waals surface area (Å²) in [4.78, 5) is 49.8. The summed E-state index contributed by atoms with van der Waals surface area (Å²) < 4.78 is 0. The maximum Gasteiger partial charge on any atom is 0.328 e. The summed E-state index contributed by atoms with van der Waals surface area (Å²) in [6, 6.07) is 4.86. The minimum atomic E-state index is -1.52. The van der Waals surface area contributed by atoms with E-state index >= 15 is 0 Å². The van der Waals surface area contributed by atoms with Gasteiger partial charge in [0.15, 0.2) is 6.04 Å². The van der Waals surface area contributed by atoms with Gasteiger partial charge in [0, 0.05) is 0 Å². The summed E-state index contributed by atoms with van der Waals surface area (Å²) in [6.45, 7) is 8.44. The molecule has 0 aromatic heterocycles. The van der Waals surface area contributed by atoms with Gasteiger partial charge in [-0.05, 0) is 37.2 Å².